The van der Waals surface area contributed by atoms with E-state index in [2.05, 4.69) is 39.8 Å². The third kappa shape index (κ3) is 4.74. The normalized spacial score (nSPS) is 16.2. The zero-order valence-corrected chi connectivity index (χ0v) is 17.2. The van der Waals surface area contributed by atoms with Gasteiger partial charge in [0, 0.05) is 36.1 Å². The third-order valence-electron chi connectivity index (χ3n) is 5.41. The Morgan fingerprint density at radius 3 is 2.52 bits per heavy atom. The molecule has 0 aliphatic carbocycles. The van der Waals surface area contributed by atoms with E-state index in [1.807, 2.05) is 50.4 Å². The van der Waals surface area contributed by atoms with Gasteiger partial charge in [-0.3, -0.25) is 0 Å². The molecule has 0 saturated carbocycles. The Morgan fingerprint density at radius 1 is 1.03 bits per heavy atom. The Bertz CT molecular complexity index is 903. The molecule has 152 valence electrons. The number of furan rings is 1. The van der Waals surface area contributed by atoms with E-state index in [-0.39, 0.29) is 0 Å². The van der Waals surface area contributed by atoms with Crippen LogP contribution in [0.1, 0.15) is 19.1 Å². The predicted octanol–water partition coefficient (Wildman–Crippen LogP) is 4.76. The van der Waals surface area contributed by atoms with Gasteiger partial charge in [0.1, 0.15) is 17.3 Å². The van der Waals surface area contributed by atoms with Gasteiger partial charge in [-0.15, -0.1) is 0 Å². The molecule has 2 heterocycles. The number of benzene rings is 2. The van der Waals surface area contributed by atoms with Gasteiger partial charge >= 0.3 is 0 Å². The van der Waals surface area contributed by atoms with Crippen molar-refractivity contribution in [2.45, 2.75) is 25.9 Å². The molecule has 1 unspecified atom stereocenters. The van der Waals surface area contributed by atoms with Gasteiger partial charge in [-0.2, -0.15) is 0 Å². The Balaban J connectivity index is 1.32. The Labute approximate surface area is 172 Å². The molecule has 1 saturated heterocycles. The number of hydrogen-bond donors (Lipinski definition) is 2. The Kier molecular flexibility index (Phi) is 6.06. The number of rotatable bonds is 8. The maximum Gasteiger partial charge on any atom is 0.134 e. The first-order chi connectivity index (χ1) is 14.2. The molecule has 29 heavy (non-hydrogen) atoms. The summed E-state index contributed by atoms with van der Waals surface area (Å²) in [5.41, 5.74) is 3.43. The average Bonchev–Trinajstić information content (AvgIpc) is 3.43. The zero-order valence-electron chi connectivity index (χ0n) is 17.2. The van der Waals surface area contributed by atoms with Crippen LogP contribution in [0.25, 0.3) is 11.3 Å². The van der Waals surface area contributed by atoms with Crippen molar-refractivity contribution in [3.63, 3.8) is 0 Å². The van der Waals surface area contributed by atoms with Gasteiger partial charge in [-0.25, -0.2) is 0 Å². The molecule has 1 aromatic heterocycles. The summed E-state index contributed by atoms with van der Waals surface area (Å²) in [5, 5.41) is 6.81. The highest BCUT2D eigenvalue weighted by molar-refractivity contribution is 5.59. The number of likely N-dealkylation sites (N-methyl/N-ethyl adjacent to an activating group) is 1. The van der Waals surface area contributed by atoms with Crippen LogP contribution in [0.3, 0.4) is 0 Å². The average molecular weight is 392 g/mol. The van der Waals surface area contributed by atoms with Gasteiger partial charge in [0.25, 0.3) is 0 Å². The lowest BCUT2D eigenvalue weighted by molar-refractivity contribution is 0.340. The van der Waals surface area contributed by atoms with E-state index in [1.165, 1.54) is 12.1 Å². The fraction of sp³-hybridized carbons (Fsp3) is 0.333. The van der Waals surface area contributed by atoms with Crippen molar-refractivity contribution in [1.82, 2.24) is 5.32 Å². The minimum absolute atomic E-state index is 0.594. The molecule has 2 aromatic carbocycles. The van der Waals surface area contributed by atoms with Gasteiger partial charge in [-0.1, -0.05) is 0 Å². The summed E-state index contributed by atoms with van der Waals surface area (Å²) in [5.74, 6) is 2.66. The van der Waals surface area contributed by atoms with Crippen molar-refractivity contribution in [3.8, 4) is 17.1 Å². The molecule has 5 heteroatoms. The highest BCUT2D eigenvalue weighted by Gasteiger charge is 2.20. The number of anilines is 2. The van der Waals surface area contributed by atoms with Crippen LogP contribution in [-0.4, -0.2) is 32.8 Å². The van der Waals surface area contributed by atoms with Crippen molar-refractivity contribution >= 4 is 11.4 Å². The molecular weight excluding hydrogens is 362 g/mol. The number of ether oxygens (including phenoxy) is 1. The van der Waals surface area contributed by atoms with Gasteiger partial charge in [0.2, 0.25) is 0 Å². The van der Waals surface area contributed by atoms with E-state index in [4.69, 9.17) is 9.15 Å². The Morgan fingerprint density at radius 2 is 1.83 bits per heavy atom. The molecule has 3 aromatic rings. The van der Waals surface area contributed by atoms with Crippen LogP contribution >= 0.6 is 0 Å². The summed E-state index contributed by atoms with van der Waals surface area (Å²) in [7, 11) is 2.04. The maximum absolute atomic E-state index is 6.00. The first-order valence-corrected chi connectivity index (χ1v) is 10.3. The van der Waals surface area contributed by atoms with E-state index >= 15 is 0 Å². The first kappa shape index (κ1) is 19.4. The van der Waals surface area contributed by atoms with Crippen molar-refractivity contribution in [2.75, 3.05) is 37.0 Å². The molecule has 4 rings (SSSR count). The molecule has 1 aliphatic rings. The largest absolute Gasteiger partial charge is 0.494 e. The van der Waals surface area contributed by atoms with Gasteiger partial charge in [0.15, 0.2) is 0 Å². The van der Waals surface area contributed by atoms with Crippen LogP contribution in [-0.2, 0) is 6.54 Å². The second-order valence-electron chi connectivity index (χ2n) is 7.34. The summed E-state index contributed by atoms with van der Waals surface area (Å²) in [6, 6.07) is 21.3. The third-order valence-corrected chi connectivity index (χ3v) is 5.41. The Hall–Kier alpha value is -2.92. The van der Waals surface area contributed by atoms with Crippen molar-refractivity contribution in [3.05, 3.63) is 66.4 Å². The quantitative estimate of drug-likeness (QED) is 0.580. The fourth-order valence-corrected chi connectivity index (χ4v) is 3.72. The molecule has 1 aliphatic heterocycles. The topological polar surface area (TPSA) is 49.7 Å². The smallest absolute Gasteiger partial charge is 0.134 e. The van der Waals surface area contributed by atoms with Crippen molar-refractivity contribution in [1.29, 1.82) is 0 Å². The van der Waals surface area contributed by atoms with Crippen LogP contribution in [0.2, 0.25) is 0 Å². The lowest BCUT2D eigenvalue weighted by Gasteiger charge is -2.19. The number of nitrogens with zero attached hydrogens (tertiary/aromatic N) is 1. The van der Waals surface area contributed by atoms with E-state index in [0.29, 0.717) is 19.2 Å². The highest BCUT2D eigenvalue weighted by Crippen LogP contribution is 2.26. The highest BCUT2D eigenvalue weighted by atomic mass is 16.5. The monoisotopic (exact) mass is 391 g/mol. The number of nitrogens with one attached hydrogen (secondary N) is 2. The molecule has 0 amide bonds. The van der Waals surface area contributed by atoms with Gasteiger partial charge in [-0.05, 0) is 81.1 Å². The standard InChI is InChI=1S/C24H29N3O2/c1-3-28-22-10-4-18(5-11-22)24-13-12-23(29-24)16-26-19-6-8-21(9-7-19)27-15-14-20(17-27)25-2/h4-13,20,25-26H,3,14-17H2,1-2H3. The summed E-state index contributed by atoms with van der Waals surface area (Å²) < 4.78 is 11.5. The summed E-state index contributed by atoms with van der Waals surface area (Å²) in [6.45, 7) is 5.50. The van der Waals surface area contributed by atoms with Crippen LogP contribution in [0.15, 0.2) is 65.1 Å². The van der Waals surface area contributed by atoms with Crippen LogP contribution in [0.5, 0.6) is 5.75 Å². The van der Waals surface area contributed by atoms with Crippen molar-refractivity contribution in [2.24, 2.45) is 0 Å². The molecule has 2 N–H and O–H groups in total. The molecule has 0 spiro atoms. The molecular formula is C24H29N3O2. The summed E-state index contributed by atoms with van der Waals surface area (Å²) >= 11 is 0. The summed E-state index contributed by atoms with van der Waals surface area (Å²) in [4.78, 5) is 2.43. The molecule has 1 fully saturated rings. The second-order valence-corrected chi connectivity index (χ2v) is 7.34. The summed E-state index contributed by atoms with van der Waals surface area (Å²) in [6.07, 6.45) is 1.20. The van der Waals surface area contributed by atoms with Crippen molar-refractivity contribution < 1.29 is 9.15 Å². The maximum atomic E-state index is 6.00. The van der Waals surface area contributed by atoms with E-state index in [9.17, 15) is 0 Å². The number of hydrogen-bond acceptors (Lipinski definition) is 5. The lowest BCUT2D eigenvalue weighted by Crippen LogP contribution is -2.29. The van der Waals surface area contributed by atoms with E-state index < -0.39 is 0 Å². The fourth-order valence-electron chi connectivity index (χ4n) is 3.72. The second kappa shape index (κ2) is 9.05. The molecule has 1 atom stereocenters. The van der Waals surface area contributed by atoms with Crippen LogP contribution < -0.4 is 20.3 Å². The van der Waals surface area contributed by atoms with E-state index in [0.717, 1.165) is 41.6 Å². The minimum atomic E-state index is 0.594. The van der Waals surface area contributed by atoms with Crippen LogP contribution in [0, 0.1) is 0 Å². The molecule has 0 bridgehead atoms. The minimum Gasteiger partial charge on any atom is -0.494 e. The molecule has 0 radical (unpaired) electrons. The lowest BCUT2D eigenvalue weighted by atomic mass is 10.2. The first-order valence-electron chi connectivity index (χ1n) is 10.3. The van der Waals surface area contributed by atoms with Crippen LogP contribution in [0.4, 0.5) is 11.4 Å². The zero-order chi connectivity index (χ0) is 20.1. The SMILES string of the molecule is CCOc1ccc(-c2ccc(CNc3ccc(N4CCC(NC)C4)cc3)o2)cc1. The van der Waals surface area contributed by atoms with Gasteiger partial charge in [0.05, 0.1) is 13.2 Å². The van der Waals surface area contributed by atoms with E-state index in [1.54, 1.807) is 0 Å². The van der Waals surface area contributed by atoms with Gasteiger partial charge < -0.3 is 24.7 Å². The predicted molar refractivity (Wildman–Crippen MR) is 119 cm³/mol. The molecule has 5 nitrogen and oxygen atoms in total.